The fourth-order valence-corrected chi connectivity index (χ4v) is 3.61. The second-order valence-electron chi connectivity index (χ2n) is 5.70. The van der Waals surface area contributed by atoms with Crippen molar-refractivity contribution in [3.05, 3.63) is 69.7 Å². The molecule has 4 rings (SSSR count). The number of hydrogen-bond donors (Lipinski definition) is 1. The van der Waals surface area contributed by atoms with Crippen LogP contribution in [-0.2, 0) is 4.79 Å². The first kappa shape index (κ1) is 18.3. The van der Waals surface area contributed by atoms with Crippen LogP contribution in [0.15, 0.2) is 68.7 Å². The van der Waals surface area contributed by atoms with Gasteiger partial charge in [-0.05, 0) is 63.6 Å². The van der Waals surface area contributed by atoms with E-state index in [9.17, 15) is 9.59 Å². The highest BCUT2D eigenvalue weighted by Crippen LogP contribution is 2.29. The monoisotopic (exact) mass is 454 g/mol. The van der Waals surface area contributed by atoms with Gasteiger partial charge in [0.15, 0.2) is 11.0 Å². The van der Waals surface area contributed by atoms with Gasteiger partial charge in [-0.25, -0.2) is 4.79 Å². The van der Waals surface area contributed by atoms with Crippen LogP contribution >= 0.6 is 27.7 Å². The molecule has 2 heterocycles. The quantitative estimate of drug-likeness (QED) is 0.430. The van der Waals surface area contributed by atoms with Crippen LogP contribution in [0.25, 0.3) is 6.08 Å². The van der Waals surface area contributed by atoms with E-state index in [1.807, 2.05) is 6.07 Å². The largest absolute Gasteiger partial charge is 0.422 e. The van der Waals surface area contributed by atoms with Crippen LogP contribution in [0, 0.1) is 5.41 Å². The number of amidine groups is 2. The van der Waals surface area contributed by atoms with Crippen LogP contribution in [0.1, 0.15) is 15.9 Å². The number of carbonyl (C=O) groups is 2. The van der Waals surface area contributed by atoms with Gasteiger partial charge in [-0.2, -0.15) is 15.1 Å². The molecule has 7 nitrogen and oxygen atoms in total. The molecule has 0 unspecified atom stereocenters. The van der Waals surface area contributed by atoms with E-state index < -0.39 is 11.9 Å². The van der Waals surface area contributed by atoms with Crippen LogP contribution in [0.4, 0.5) is 0 Å². The molecule has 0 saturated heterocycles. The molecule has 28 heavy (non-hydrogen) atoms. The summed E-state index contributed by atoms with van der Waals surface area (Å²) in [6, 6.07) is 13.7. The molecule has 0 fully saturated rings. The molecule has 2 aromatic carbocycles. The minimum Gasteiger partial charge on any atom is -0.422 e. The number of aliphatic imine (C=N–C) groups is 1. The zero-order chi connectivity index (χ0) is 19.7. The Morgan fingerprint density at radius 3 is 2.75 bits per heavy atom. The third-order valence-electron chi connectivity index (χ3n) is 3.88. The lowest BCUT2D eigenvalue weighted by atomic mass is 10.1. The summed E-state index contributed by atoms with van der Waals surface area (Å²) in [6.45, 7) is 0. The van der Waals surface area contributed by atoms with Crippen LogP contribution in [-0.4, -0.2) is 33.4 Å². The standard InChI is InChI=1S/C19H11BrN4O3S/c20-14-9-11(6-7-15(14)27-18(26)12-4-2-1-3-5-12)8-13-16(21)24-19(23-17(13)25)28-10-22-24/h1-10,21H/b13-8-,21-16?. The molecule has 2 aromatic rings. The first-order valence-corrected chi connectivity index (χ1v) is 9.70. The number of thioether (sulfide) groups is 1. The fourth-order valence-electron chi connectivity index (χ4n) is 2.53. The summed E-state index contributed by atoms with van der Waals surface area (Å²) in [5, 5.41) is 13.9. The second kappa shape index (κ2) is 7.53. The molecular formula is C19H11BrN4O3S. The van der Waals surface area contributed by atoms with Crippen molar-refractivity contribution in [3.8, 4) is 5.75 Å². The number of esters is 1. The lowest BCUT2D eigenvalue weighted by Crippen LogP contribution is -2.35. The highest BCUT2D eigenvalue weighted by atomic mass is 79.9. The average Bonchev–Trinajstić information content (AvgIpc) is 3.16. The van der Waals surface area contributed by atoms with Crippen molar-refractivity contribution in [1.82, 2.24) is 5.01 Å². The number of hydrogen-bond acceptors (Lipinski definition) is 6. The van der Waals surface area contributed by atoms with E-state index in [1.54, 1.807) is 48.5 Å². The number of hydrazone groups is 1. The maximum Gasteiger partial charge on any atom is 0.343 e. The van der Waals surface area contributed by atoms with E-state index in [4.69, 9.17) is 10.1 Å². The molecule has 0 spiro atoms. The number of ether oxygens (including phenoxy) is 1. The zero-order valence-corrected chi connectivity index (χ0v) is 16.5. The third-order valence-corrected chi connectivity index (χ3v) is 5.17. The summed E-state index contributed by atoms with van der Waals surface area (Å²) < 4.78 is 5.95. The molecule has 9 heteroatoms. The number of amides is 1. The molecule has 1 N–H and O–H groups in total. The lowest BCUT2D eigenvalue weighted by molar-refractivity contribution is -0.114. The van der Waals surface area contributed by atoms with Crippen molar-refractivity contribution in [2.24, 2.45) is 10.1 Å². The molecule has 0 atom stereocenters. The molecule has 138 valence electrons. The van der Waals surface area contributed by atoms with Crippen molar-refractivity contribution >= 4 is 62.2 Å². The molecule has 1 amide bonds. The van der Waals surface area contributed by atoms with Gasteiger partial charge in [-0.3, -0.25) is 10.2 Å². The third kappa shape index (κ3) is 3.54. The fraction of sp³-hybridized carbons (Fsp3) is 0. The maximum absolute atomic E-state index is 12.2. The Morgan fingerprint density at radius 2 is 2.00 bits per heavy atom. The zero-order valence-electron chi connectivity index (χ0n) is 14.1. The second-order valence-corrected chi connectivity index (χ2v) is 7.37. The van der Waals surface area contributed by atoms with Gasteiger partial charge in [0.25, 0.3) is 5.91 Å². The molecule has 0 saturated carbocycles. The number of benzene rings is 2. The predicted molar refractivity (Wildman–Crippen MR) is 112 cm³/mol. The van der Waals surface area contributed by atoms with Crippen molar-refractivity contribution < 1.29 is 14.3 Å². The molecule has 2 aliphatic rings. The highest BCUT2D eigenvalue weighted by Gasteiger charge is 2.32. The summed E-state index contributed by atoms with van der Waals surface area (Å²) in [5.41, 5.74) is 2.74. The van der Waals surface area contributed by atoms with E-state index in [1.165, 1.54) is 22.3 Å². The summed E-state index contributed by atoms with van der Waals surface area (Å²) in [6.07, 6.45) is 1.55. The maximum atomic E-state index is 12.2. The smallest absolute Gasteiger partial charge is 0.343 e. The van der Waals surface area contributed by atoms with Gasteiger partial charge in [-0.15, -0.1) is 0 Å². The van der Waals surface area contributed by atoms with E-state index in [2.05, 4.69) is 26.0 Å². The van der Waals surface area contributed by atoms with Gasteiger partial charge in [0.05, 0.1) is 21.2 Å². The lowest BCUT2D eigenvalue weighted by Gasteiger charge is -2.20. The number of carbonyl (C=O) groups excluding carboxylic acids is 2. The Balaban J connectivity index is 1.57. The van der Waals surface area contributed by atoms with E-state index in [0.717, 1.165) is 0 Å². The van der Waals surface area contributed by atoms with Crippen molar-refractivity contribution in [1.29, 1.82) is 5.41 Å². The van der Waals surface area contributed by atoms with Gasteiger partial charge < -0.3 is 4.74 Å². The van der Waals surface area contributed by atoms with Crippen molar-refractivity contribution in [2.45, 2.75) is 0 Å². The van der Waals surface area contributed by atoms with E-state index >= 15 is 0 Å². The van der Waals surface area contributed by atoms with Crippen LogP contribution in [0.5, 0.6) is 5.75 Å². The number of nitrogens with zero attached hydrogens (tertiary/aromatic N) is 3. The normalized spacial score (nSPS) is 17.0. The van der Waals surface area contributed by atoms with Crippen molar-refractivity contribution in [2.75, 3.05) is 0 Å². The van der Waals surface area contributed by atoms with Gasteiger partial charge in [0.1, 0.15) is 5.75 Å². The Morgan fingerprint density at radius 1 is 1.21 bits per heavy atom. The van der Waals surface area contributed by atoms with Gasteiger partial charge >= 0.3 is 5.97 Å². The van der Waals surface area contributed by atoms with Gasteiger partial charge in [0.2, 0.25) is 0 Å². The average molecular weight is 455 g/mol. The van der Waals surface area contributed by atoms with Crippen LogP contribution in [0.2, 0.25) is 0 Å². The van der Waals surface area contributed by atoms with E-state index in [-0.39, 0.29) is 11.4 Å². The summed E-state index contributed by atoms with van der Waals surface area (Å²) in [7, 11) is 0. The molecule has 0 radical (unpaired) electrons. The number of nitrogens with one attached hydrogen (secondary N) is 1. The van der Waals surface area contributed by atoms with Crippen LogP contribution < -0.4 is 4.74 Å². The minimum atomic E-state index is -0.495. The SMILES string of the molecule is N=C1/C(=C/c2ccc(OC(=O)c3ccccc3)c(Br)c2)C(=O)N=C2SC=NN12. The summed E-state index contributed by atoms with van der Waals surface area (Å²) in [4.78, 5) is 28.4. The van der Waals surface area contributed by atoms with Crippen LogP contribution in [0.3, 0.4) is 0 Å². The predicted octanol–water partition coefficient (Wildman–Crippen LogP) is 3.92. The topological polar surface area (TPSA) is 95.2 Å². The molecule has 0 bridgehead atoms. The first-order valence-electron chi connectivity index (χ1n) is 8.02. The van der Waals surface area contributed by atoms with Gasteiger partial charge in [-0.1, -0.05) is 24.3 Å². The minimum absolute atomic E-state index is 0.0352. The van der Waals surface area contributed by atoms with E-state index in [0.29, 0.717) is 26.5 Å². The van der Waals surface area contributed by atoms with Crippen molar-refractivity contribution in [3.63, 3.8) is 0 Å². The summed E-state index contributed by atoms with van der Waals surface area (Å²) >= 11 is 4.57. The summed E-state index contributed by atoms with van der Waals surface area (Å²) in [5.74, 6) is -0.651. The highest BCUT2D eigenvalue weighted by molar-refractivity contribution is 9.10. The Labute approximate surface area is 172 Å². The first-order chi connectivity index (χ1) is 13.5. The van der Waals surface area contributed by atoms with Gasteiger partial charge in [0, 0.05) is 0 Å². The molecule has 2 aliphatic heterocycles. The Bertz CT molecular complexity index is 1100. The molecular weight excluding hydrogens is 444 g/mol. The number of rotatable bonds is 3. The molecule has 0 aromatic heterocycles. The number of fused-ring (bicyclic) bond motifs is 1. The Hall–Kier alpha value is -3.04. The molecule has 0 aliphatic carbocycles. The number of halogens is 1. The Kier molecular flexibility index (Phi) is 4.93.